The van der Waals surface area contributed by atoms with Crippen molar-refractivity contribution in [2.75, 3.05) is 25.7 Å². The van der Waals surface area contributed by atoms with Crippen LogP contribution in [-0.2, 0) is 26.4 Å². The number of hydrogen-bond donors (Lipinski definition) is 0. The van der Waals surface area contributed by atoms with E-state index in [9.17, 15) is 16.8 Å². The first-order valence-electron chi connectivity index (χ1n) is 9.16. The molecule has 1 aliphatic rings. The van der Waals surface area contributed by atoms with Crippen molar-refractivity contribution in [3.8, 4) is 11.5 Å². The number of aryl methyl sites for hydroxylation is 1. The Kier molecular flexibility index (Phi) is 6.21. The predicted molar refractivity (Wildman–Crippen MR) is 111 cm³/mol. The van der Waals surface area contributed by atoms with Gasteiger partial charge in [0.25, 0.3) is 0 Å². The average Bonchev–Trinajstić information content (AvgIpc) is 3.05. The molecule has 0 aliphatic carbocycles. The van der Waals surface area contributed by atoms with Crippen LogP contribution in [0.25, 0.3) is 0 Å². The number of methoxy groups -OCH3 is 2. The number of nitrogens with zero attached hydrogens (tertiary/aromatic N) is 1. The predicted octanol–water partition coefficient (Wildman–Crippen LogP) is 2.39. The van der Waals surface area contributed by atoms with Crippen molar-refractivity contribution in [3.05, 3.63) is 53.6 Å². The van der Waals surface area contributed by atoms with Crippen LogP contribution in [0.4, 0.5) is 0 Å². The lowest BCUT2D eigenvalue weighted by Crippen LogP contribution is -2.40. The quantitative estimate of drug-likeness (QED) is 0.658. The van der Waals surface area contributed by atoms with Crippen LogP contribution in [0.15, 0.2) is 47.4 Å². The number of hydrogen-bond acceptors (Lipinski definition) is 6. The number of sulfone groups is 1. The summed E-state index contributed by atoms with van der Waals surface area (Å²) < 4.78 is 62.7. The van der Waals surface area contributed by atoms with Crippen molar-refractivity contribution in [2.24, 2.45) is 0 Å². The zero-order valence-corrected chi connectivity index (χ0v) is 18.3. The second-order valence-corrected chi connectivity index (χ2v) is 11.2. The number of ether oxygens (including phenoxy) is 2. The molecule has 3 rings (SSSR count). The van der Waals surface area contributed by atoms with Crippen LogP contribution in [0.3, 0.4) is 0 Å². The lowest BCUT2D eigenvalue weighted by molar-refractivity contribution is 0.334. The maximum Gasteiger partial charge on any atom is 0.243 e. The van der Waals surface area contributed by atoms with Crippen molar-refractivity contribution in [1.82, 2.24) is 4.31 Å². The van der Waals surface area contributed by atoms with Gasteiger partial charge in [0.05, 0.1) is 30.6 Å². The Morgan fingerprint density at radius 3 is 2.28 bits per heavy atom. The van der Waals surface area contributed by atoms with E-state index in [0.717, 1.165) is 5.56 Å². The lowest BCUT2D eigenvalue weighted by Gasteiger charge is -2.28. The fourth-order valence-corrected chi connectivity index (χ4v) is 7.02. The summed E-state index contributed by atoms with van der Waals surface area (Å²) in [6, 6.07) is 11.1. The third-order valence-electron chi connectivity index (χ3n) is 5.09. The molecule has 0 aromatic heterocycles. The van der Waals surface area contributed by atoms with Crippen LogP contribution in [0.5, 0.6) is 11.5 Å². The highest BCUT2D eigenvalue weighted by Crippen LogP contribution is 2.29. The first kappa shape index (κ1) is 21.6. The van der Waals surface area contributed by atoms with Crippen LogP contribution >= 0.6 is 0 Å². The van der Waals surface area contributed by atoms with Crippen molar-refractivity contribution in [3.63, 3.8) is 0 Å². The van der Waals surface area contributed by atoms with Crippen molar-refractivity contribution in [2.45, 2.75) is 30.8 Å². The van der Waals surface area contributed by atoms with Gasteiger partial charge in [-0.15, -0.1) is 0 Å². The fraction of sp³-hybridized carbons (Fsp3) is 0.400. The third-order valence-corrected chi connectivity index (χ3v) is 8.73. The molecule has 1 fully saturated rings. The zero-order valence-electron chi connectivity index (χ0n) is 16.7. The second kappa shape index (κ2) is 8.33. The minimum Gasteiger partial charge on any atom is -0.497 e. The summed E-state index contributed by atoms with van der Waals surface area (Å²) in [5.74, 6) is 1.08. The standard InChI is InChI=1S/C20H25NO6S2/c1-15-12-19(8-9-20(15)27-3)29(24,25)21(17-10-11-28(22,23)14-17)13-16-4-6-18(26-2)7-5-16/h4-9,12,17H,10-11,13-14H2,1-3H3. The number of rotatable bonds is 7. The highest BCUT2D eigenvalue weighted by molar-refractivity contribution is 7.92. The molecule has 9 heteroatoms. The number of sulfonamides is 1. The van der Waals surface area contributed by atoms with Gasteiger partial charge in [-0.05, 0) is 54.8 Å². The molecule has 1 atom stereocenters. The van der Waals surface area contributed by atoms with E-state index in [4.69, 9.17) is 9.47 Å². The summed E-state index contributed by atoms with van der Waals surface area (Å²) in [5.41, 5.74) is 1.45. The molecule has 0 bridgehead atoms. The molecule has 7 nitrogen and oxygen atoms in total. The smallest absolute Gasteiger partial charge is 0.243 e. The van der Waals surface area contributed by atoms with Gasteiger partial charge in [-0.3, -0.25) is 0 Å². The van der Waals surface area contributed by atoms with Gasteiger partial charge in [-0.2, -0.15) is 4.31 Å². The first-order chi connectivity index (χ1) is 13.7. The molecule has 1 heterocycles. The Balaban J connectivity index is 2.00. The summed E-state index contributed by atoms with van der Waals surface area (Å²) in [6.07, 6.45) is 0.285. The third kappa shape index (κ3) is 4.73. The maximum atomic E-state index is 13.5. The molecule has 0 saturated carbocycles. The molecular formula is C20H25NO6S2. The largest absolute Gasteiger partial charge is 0.497 e. The highest BCUT2D eigenvalue weighted by atomic mass is 32.2. The highest BCUT2D eigenvalue weighted by Gasteiger charge is 2.39. The SMILES string of the molecule is COc1ccc(CN(C2CCS(=O)(=O)C2)S(=O)(=O)c2ccc(OC)c(C)c2)cc1. The Morgan fingerprint density at radius 1 is 1.07 bits per heavy atom. The summed E-state index contributed by atoms with van der Waals surface area (Å²) in [5, 5.41) is 0. The molecule has 0 N–H and O–H groups in total. The van der Waals surface area contributed by atoms with E-state index >= 15 is 0 Å². The molecule has 158 valence electrons. The second-order valence-electron chi connectivity index (χ2n) is 7.09. The minimum atomic E-state index is -3.91. The van der Waals surface area contributed by atoms with E-state index in [1.807, 2.05) is 0 Å². The molecule has 0 amide bonds. The van der Waals surface area contributed by atoms with Crippen molar-refractivity contribution in [1.29, 1.82) is 0 Å². The normalized spacial score (nSPS) is 18.7. The molecule has 1 unspecified atom stereocenters. The summed E-state index contributed by atoms with van der Waals surface area (Å²) >= 11 is 0. The van der Waals surface area contributed by atoms with E-state index in [0.29, 0.717) is 17.1 Å². The van der Waals surface area contributed by atoms with E-state index < -0.39 is 25.9 Å². The van der Waals surface area contributed by atoms with Crippen LogP contribution in [0.1, 0.15) is 17.5 Å². The molecule has 2 aromatic rings. The van der Waals surface area contributed by atoms with Gasteiger partial charge in [-0.25, -0.2) is 16.8 Å². The van der Waals surface area contributed by atoms with Crippen LogP contribution < -0.4 is 9.47 Å². The summed E-state index contributed by atoms with van der Waals surface area (Å²) in [4.78, 5) is 0.119. The van der Waals surface area contributed by atoms with Crippen molar-refractivity contribution >= 4 is 19.9 Å². The van der Waals surface area contributed by atoms with E-state index in [2.05, 4.69) is 0 Å². The molecular weight excluding hydrogens is 414 g/mol. The van der Waals surface area contributed by atoms with Crippen molar-refractivity contribution < 1.29 is 26.3 Å². The van der Waals surface area contributed by atoms with Gasteiger partial charge in [0.2, 0.25) is 10.0 Å². The monoisotopic (exact) mass is 439 g/mol. The zero-order chi connectivity index (χ0) is 21.2. The van der Waals surface area contributed by atoms with Crippen LogP contribution in [0, 0.1) is 6.92 Å². The Bertz CT molecular complexity index is 1080. The van der Waals surface area contributed by atoms with Gasteiger partial charge in [0, 0.05) is 12.6 Å². The van der Waals surface area contributed by atoms with Crippen LogP contribution in [0.2, 0.25) is 0 Å². The lowest BCUT2D eigenvalue weighted by atomic mass is 10.2. The molecule has 29 heavy (non-hydrogen) atoms. The summed E-state index contributed by atoms with van der Waals surface area (Å²) in [6.45, 7) is 1.85. The van der Waals surface area contributed by atoms with E-state index in [1.54, 1.807) is 50.4 Å². The molecule has 0 spiro atoms. The van der Waals surface area contributed by atoms with E-state index in [1.165, 1.54) is 17.5 Å². The van der Waals surface area contributed by atoms with Gasteiger partial charge in [0.15, 0.2) is 9.84 Å². The van der Waals surface area contributed by atoms with E-state index in [-0.39, 0.29) is 29.4 Å². The van der Waals surface area contributed by atoms with Gasteiger partial charge in [0.1, 0.15) is 11.5 Å². The minimum absolute atomic E-state index is 0.00601. The Labute approximate surface area is 172 Å². The van der Waals surface area contributed by atoms with Gasteiger partial charge >= 0.3 is 0 Å². The fourth-order valence-electron chi connectivity index (χ4n) is 3.47. The first-order valence-corrected chi connectivity index (χ1v) is 12.4. The average molecular weight is 440 g/mol. The molecule has 2 aromatic carbocycles. The van der Waals surface area contributed by atoms with Gasteiger partial charge < -0.3 is 9.47 Å². The Hall–Kier alpha value is -2.10. The summed E-state index contributed by atoms with van der Waals surface area (Å²) in [7, 11) is -4.08. The molecule has 0 radical (unpaired) electrons. The van der Waals surface area contributed by atoms with Gasteiger partial charge in [-0.1, -0.05) is 12.1 Å². The molecule has 1 saturated heterocycles. The maximum absolute atomic E-state index is 13.5. The molecule has 1 aliphatic heterocycles. The van der Waals surface area contributed by atoms with Crippen LogP contribution in [-0.4, -0.2) is 52.9 Å². The topological polar surface area (TPSA) is 90.0 Å². The Morgan fingerprint density at radius 2 is 1.76 bits per heavy atom. The number of benzene rings is 2.